The van der Waals surface area contributed by atoms with Crippen LogP contribution in [0.5, 0.6) is 0 Å². The van der Waals surface area contributed by atoms with Crippen molar-refractivity contribution in [3.05, 3.63) is 29.0 Å². The average molecular weight is 324 g/mol. The molecule has 3 rings (SSSR count). The minimum Gasteiger partial charge on any atom is -0.444 e. The van der Waals surface area contributed by atoms with Gasteiger partial charge in [0.05, 0.1) is 0 Å². The third-order valence-electron chi connectivity index (χ3n) is 4.16. The van der Waals surface area contributed by atoms with E-state index >= 15 is 0 Å². The van der Waals surface area contributed by atoms with Crippen LogP contribution < -0.4 is 0 Å². The maximum atomic E-state index is 12.2. The zero-order chi connectivity index (χ0) is 15.9. The lowest BCUT2D eigenvalue weighted by Gasteiger charge is -2.35. The summed E-state index contributed by atoms with van der Waals surface area (Å²) in [5.41, 5.74) is 0.717. The molecule has 1 aromatic heterocycles. The highest BCUT2D eigenvalue weighted by molar-refractivity contribution is 6.29. The molecule has 22 heavy (non-hydrogen) atoms. The van der Waals surface area contributed by atoms with E-state index in [1.807, 2.05) is 44.0 Å². The molecule has 0 aliphatic carbocycles. The quantitative estimate of drug-likeness (QED) is 0.785. The lowest BCUT2D eigenvalue weighted by atomic mass is 10.2. The molecule has 2 bridgehead atoms. The molecule has 2 saturated heterocycles. The standard InChI is InChI=1S/C16H22ClN3O2/c1-16(2,3)22-15(21)20-10-12-6-13(20)9-19(12)8-11-4-5-14(17)18-7-11/h4-5,7,12-13H,6,8-10H2,1-3H3. The zero-order valence-corrected chi connectivity index (χ0v) is 14.0. The summed E-state index contributed by atoms with van der Waals surface area (Å²) >= 11 is 5.82. The van der Waals surface area contributed by atoms with Gasteiger partial charge in [0.2, 0.25) is 0 Å². The Kier molecular flexibility index (Phi) is 4.03. The Morgan fingerprint density at radius 2 is 2.14 bits per heavy atom. The van der Waals surface area contributed by atoms with E-state index in [0.29, 0.717) is 11.2 Å². The molecule has 6 heteroatoms. The number of piperazine rings is 1. The number of aromatic nitrogens is 1. The number of nitrogens with zero attached hydrogens (tertiary/aromatic N) is 3. The third kappa shape index (κ3) is 3.36. The number of ether oxygens (including phenoxy) is 1. The summed E-state index contributed by atoms with van der Waals surface area (Å²) < 4.78 is 5.48. The summed E-state index contributed by atoms with van der Waals surface area (Å²) in [4.78, 5) is 20.6. The fourth-order valence-electron chi connectivity index (χ4n) is 3.22. The fraction of sp³-hybridized carbons (Fsp3) is 0.625. The van der Waals surface area contributed by atoms with Crippen LogP contribution in [0.3, 0.4) is 0 Å². The van der Waals surface area contributed by atoms with Crippen LogP contribution in [-0.4, -0.2) is 51.7 Å². The number of pyridine rings is 1. The summed E-state index contributed by atoms with van der Waals surface area (Å²) in [5.74, 6) is 0. The van der Waals surface area contributed by atoms with Crippen molar-refractivity contribution in [2.24, 2.45) is 0 Å². The van der Waals surface area contributed by atoms with Crippen molar-refractivity contribution < 1.29 is 9.53 Å². The van der Waals surface area contributed by atoms with Gasteiger partial charge < -0.3 is 9.64 Å². The number of likely N-dealkylation sites (tertiary alicyclic amines) is 2. The monoisotopic (exact) mass is 323 g/mol. The SMILES string of the molecule is CC(C)(C)OC(=O)N1CC2CC1CN2Cc1ccc(Cl)nc1. The number of carbonyl (C=O) groups excluding carboxylic acids is 1. The number of hydrogen-bond acceptors (Lipinski definition) is 4. The Morgan fingerprint density at radius 3 is 2.68 bits per heavy atom. The van der Waals surface area contributed by atoms with Gasteiger partial charge in [-0.3, -0.25) is 4.90 Å². The second kappa shape index (κ2) is 5.70. The molecule has 2 aliphatic heterocycles. The van der Waals surface area contributed by atoms with Gasteiger partial charge in [0.1, 0.15) is 10.8 Å². The van der Waals surface area contributed by atoms with E-state index < -0.39 is 5.60 Å². The lowest BCUT2D eigenvalue weighted by Crippen LogP contribution is -2.49. The zero-order valence-electron chi connectivity index (χ0n) is 13.3. The van der Waals surface area contributed by atoms with Gasteiger partial charge in [0.25, 0.3) is 0 Å². The summed E-state index contributed by atoms with van der Waals surface area (Å²) in [7, 11) is 0. The summed E-state index contributed by atoms with van der Waals surface area (Å²) in [6, 6.07) is 4.50. The molecular formula is C16H22ClN3O2. The van der Waals surface area contributed by atoms with Crippen molar-refractivity contribution in [2.45, 2.75) is 51.4 Å². The van der Waals surface area contributed by atoms with Gasteiger partial charge in [-0.1, -0.05) is 17.7 Å². The van der Waals surface area contributed by atoms with Crippen LogP contribution in [0.15, 0.2) is 18.3 Å². The van der Waals surface area contributed by atoms with Gasteiger partial charge in [0.15, 0.2) is 0 Å². The van der Waals surface area contributed by atoms with Crippen LogP contribution in [0, 0.1) is 0 Å². The summed E-state index contributed by atoms with van der Waals surface area (Å²) in [5, 5.41) is 0.516. The first kappa shape index (κ1) is 15.6. The maximum Gasteiger partial charge on any atom is 0.410 e. The van der Waals surface area contributed by atoms with E-state index in [1.54, 1.807) is 0 Å². The molecule has 2 fully saturated rings. The second-order valence-electron chi connectivity index (χ2n) is 7.09. The first-order valence-corrected chi connectivity index (χ1v) is 8.04. The van der Waals surface area contributed by atoms with Crippen molar-refractivity contribution in [3.8, 4) is 0 Å². The molecule has 0 saturated carbocycles. The van der Waals surface area contributed by atoms with Gasteiger partial charge in [-0.05, 0) is 38.8 Å². The average Bonchev–Trinajstić information content (AvgIpc) is 2.99. The maximum absolute atomic E-state index is 12.2. The van der Waals surface area contributed by atoms with E-state index in [1.165, 1.54) is 0 Å². The Balaban J connectivity index is 1.58. The van der Waals surface area contributed by atoms with E-state index in [2.05, 4.69) is 9.88 Å². The first-order chi connectivity index (χ1) is 10.3. The fourth-order valence-corrected chi connectivity index (χ4v) is 3.33. The predicted molar refractivity (Wildman–Crippen MR) is 84.8 cm³/mol. The van der Waals surface area contributed by atoms with Gasteiger partial charge in [-0.2, -0.15) is 0 Å². The van der Waals surface area contributed by atoms with Crippen molar-refractivity contribution in [2.75, 3.05) is 13.1 Å². The number of hydrogen-bond donors (Lipinski definition) is 0. The molecule has 1 aromatic rings. The Hall–Kier alpha value is -1.33. The molecule has 0 radical (unpaired) electrons. The smallest absolute Gasteiger partial charge is 0.410 e. The molecule has 0 spiro atoms. The molecule has 0 N–H and O–H groups in total. The van der Waals surface area contributed by atoms with E-state index in [-0.39, 0.29) is 12.1 Å². The largest absolute Gasteiger partial charge is 0.444 e. The van der Waals surface area contributed by atoms with Crippen LogP contribution in [0.25, 0.3) is 0 Å². The van der Waals surface area contributed by atoms with E-state index in [4.69, 9.17) is 16.3 Å². The van der Waals surface area contributed by atoms with Gasteiger partial charge in [0, 0.05) is 37.9 Å². The van der Waals surface area contributed by atoms with Crippen molar-refractivity contribution in [3.63, 3.8) is 0 Å². The predicted octanol–water partition coefficient (Wildman–Crippen LogP) is 2.93. The van der Waals surface area contributed by atoms with Crippen LogP contribution in [-0.2, 0) is 11.3 Å². The Bertz CT molecular complexity index is 556. The molecule has 1 amide bonds. The number of fused-ring (bicyclic) bond motifs is 2. The molecule has 0 aromatic carbocycles. The minimum atomic E-state index is -0.437. The Morgan fingerprint density at radius 1 is 1.36 bits per heavy atom. The normalized spacial score (nSPS) is 24.8. The highest BCUT2D eigenvalue weighted by Crippen LogP contribution is 2.32. The van der Waals surface area contributed by atoms with Crippen molar-refractivity contribution in [1.29, 1.82) is 0 Å². The first-order valence-electron chi connectivity index (χ1n) is 7.66. The van der Waals surface area contributed by atoms with E-state index in [0.717, 1.165) is 31.6 Å². The van der Waals surface area contributed by atoms with Crippen LogP contribution >= 0.6 is 11.6 Å². The van der Waals surface area contributed by atoms with Crippen LogP contribution in [0.4, 0.5) is 4.79 Å². The topological polar surface area (TPSA) is 45.7 Å². The highest BCUT2D eigenvalue weighted by Gasteiger charge is 2.46. The summed E-state index contributed by atoms with van der Waals surface area (Å²) in [6.07, 6.45) is 2.66. The van der Waals surface area contributed by atoms with Crippen LogP contribution in [0.2, 0.25) is 5.15 Å². The number of amides is 1. The molecule has 2 atom stereocenters. The number of carbonyl (C=O) groups is 1. The second-order valence-corrected chi connectivity index (χ2v) is 7.48. The molecule has 5 nitrogen and oxygen atoms in total. The molecule has 120 valence electrons. The molecule has 2 aliphatic rings. The molecule has 2 unspecified atom stereocenters. The minimum absolute atomic E-state index is 0.187. The highest BCUT2D eigenvalue weighted by atomic mass is 35.5. The van der Waals surface area contributed by atoms with Gasteiger partial charge in [-0.15, -0.1) is 0 Å². The molecular weight excluding hydrogens is 302 g/mol. The van der Waals surface area contributed by atoms with Crippen LogP contribution in [0.1, 0.15) is 32.8 Å². The van der Waals surface area contributed by atoms with Crippen molar-refractivity contribution in [1.82, 2.24) is 14.8 Å². The van der Waals surface area contributed by atoms with Gasteiger partial charge in [-0.25, -0.2) is 9.78 Å². The Labute approximate surface area is 136 Å². The lowest BCUT2D eigenvalue weighted by molar-refractivity contribution is 0.0124. The summed E-state index contributed by atoms with van der Waals surface area (Å²) in [6.45, 7) is 8.21. The van der Waals surface area contributed by atoms with Crippen molar-refractivity contribution >= 4 is 17.7 Å². The van der Waals surface area contributed by atoms with Gasteiger partial charge >= 0.3 is 6.09 Å². The van der Waals surface area contributed by atoms with E-state index in [9.17, 15) is 4.79 Å². The molecule has 3 heterocycles. The third-order valence-corrected chi connectivity index (χ3v) is 4.38. The number of halogens is 1. The number of rotatable bonds is 2.